The third-order valence-electron chi connectivity index (χ3n) is 6.71. The van der Waals surface area contributed by atoms with Gasteiger partial charge in [0.1, 0.15) is 5.82 Å². The molecule has 2 N–H and O–H groups in total. The maximum Gasteiger partial charge on any atom is 0.241 e. The number of likely N-dealkylation sites (tertiary alicyclic amines) is 1. The standard InChI is InChI=1S/C26H32FN7O/c1-16(2)34-15-19(13-29-34)24-17(3)12-28-26(32-24)30-20-8-9-22(21(27)11-20)31-25(35)23-5-4-10-33(23)14-18-6-7-18/h8-9,11-13,15-16,18,23H,4-7,10,14H2,1-3H3,(H,31,35)(H,28,30,32). The van der Waals surface area contributed by atoms with E-state index in [1.165, 1.54) is 18.9 Å². The summed E-state index contributed by atoms with van der Waals surface area (Å²) in [6, 6.07) is 4.73. The van der Waals surface area contributed by atoms with E-state index in [0.29, 0.717) is 11.6 Å². The Labute approximate surface area is 205 Å². The second-order valence-electron chi connectivity index (χ2n) is 9.93. The van der Waals surface area contributed by atoms with Gasteiger partial charge in [-0.1, -0.05) is 0 Å². The fourth-order valence-corrected chi connectivity index (χ4v) is 4.55. The van der Waals surface area contributed by atoms with Crippen LogP contribution < -0.4 is 10.6 Å². The summed E-state index contributed by atoms with van der Waals surface area (Å²) in [5.41, 5.74) is 3.28. The van der Waals surface area contributed by atoms with Gasteiger partial charge in [-0.15, -0.1) is 0 Å². The fourth-order valence-electron chi connectivity index (χ4n) is 4.55. The van der Waals surface area contributed by atoms with Crippen molar-refractivity contribution in [2.45, 2.75) is 58.5 Å². The molecule has 2 aliphatic rings. The zero-order valence-electron chi connectivity index (χ0n) is 20.5. The third-order valence-corrected chi connectivity index (χ3v) is 6.71. The van der Waals surface area contributed by atoms with Crippen molar-refractivity contribution in [2.75, 3.05) is 23.7 Å². The number of carbonyl (C=O) groups is 1. The molecule has 35 heavy (non-hydrogen) atoms. The lowest BCUT2D eigenvalue weighted by atomic mass is 10.1. The van der Waals surface area contributed by atoms with E-state index < -0.39 is 5.82 Å². The number of carbonyl (C=O) groups excluding carboxylic acids is 1. The van der Waals surface area contributed by atoms with Crippen LogP contribution >= 0.6 is 0 Å². The van der Waals surface area contributed by atoms with Crippen LogP contribution in [0.1, 0.15) is 51.1 Å². The summed E-state index contributed by atoms with van der Waals surface area (Å²) < 4.78 is 16.8. The minimum Gasteiger partial charge on any atom is -0.324 e. The summed E-state index contributed by atoms with van der Waals surface area (Å²) >= 11 is 0. The number of hydrogen-bond acceptors (Lipinski definition) is 6. The minimum atomic E-state index is -0.499. The molecule has 1 saturated heterocycles. The molecule has 1 atom stereocenters. The number of anilines is 3. The Bertz CT molecular complexity index is 1220. The van der Waals surface area contributed by atoms with Crippen molar-refractivity contribution in [2.24, 2.45) is 5.92 Å². The Morgan fingerprint density at radius 1 is 1.23 bits per heavy atom. The number of nitrogens with zero attached hydrogens (tertiary/aromatic N) is 5. The lowest BCUT2D eigenvalue weighted by molar-refractivity contribution is -0.120. The molecule has 1 saturated carbocycles. The van der Waals surface area contributed by atoms with Crippen LogP contribution in [0.15, 0.2) is 36.8 Å². The monoisotopic (exact) mass is 477 g/mol. The fraction of sp³-hybridized carbons (Fsp3) is 0.462. The van der Waals surface area contributed by atoms with Crippen molar-refractivity contribution in [1.29, 1.82) is 0 Å². The molecule has 1 amide bonds. The van der Waals surface area contributed by atoms with Crippen LogP contribution in [0.2, 0.25) is 0 Å². The van der Waals surface area contributed by atoms with Crippen LogP contribution in [0, 0.1) is 18.7 Å². The van der Waals surface area contributed by atoms with E-state index in [1.54, 1.807) is 24.5 Å². The molecular formula is C26H32FN7O. The number of aryl methyl sites for hydroxylation is 1. The normalized spacial score (nSPS) is 18.3. The van der Waals surface area contributed by atoms with Gasteiger partial charge in [-0.05, 0) is 82.7 Å². The summed E-state index contributed by atoms with van der Waals surface area (Å²) in [7, 11) is 0. The first-order valence-electron chi connectivity index (χ1n) is 12.4. The zero-order valence-corrected chi connectivity index (χ0v) is 20.5. The highest BCUT2D eigenvalue weighted by atomic mass is 19.1. The van der Waals surface area contributed by atoms with Gasteiger partial charge in [-0.2, -0.15) is 5.10 Å². The van der Waals surface area contributed by atoms with Crippen molar-refractivity contribution >= 4 is 23.2 Å². The van der Waals surface area contributed by atoms with E-state index >= 15 is 0 Å². The molecule has 1 unspecified atom stereocenters. The topological polar surface area (TPSA) is 88.0 Å². The number of rotatable bonds is 8. The second-order valence-corrected chi connectivity index (χ2v) is 9.93. The third kappa shape index (κ3) is 5.35. The average molecular weight is 478 g/mol. The minimum absolute atomic E-state index is 0.129. The van der Waals surface area contributed by atoms with E-state index in [1.807, 2.05) is 17.8 Å². The molecule has 3 heterocycles. The van der Waals surface area contributed by atoms with Gasteiger partial charge >= 0.3 is 0 Å². The van der Waals surface area contributed by atoms with Crippen molar-refractivity contribution in [3.63, 3.8) is 0 Å². The summed E-state index contributed by atoms with van der Waals surface area (Å²) in [5, 5.41) is 10.3. The van der Waals surface area contributed by atoms with Crippen molar-refractivity contribution in [1.82, 2.24) is 24.6 Å². The Balaban J connectivity index is 1.27. The Morgan fingerprint density at radius 2 is 2.06 bits per heavy atom. The number of hydrogen-bond donors (Lipinski definition) is 2. The largest absolute Gasteiger partial charge is 0.324 e. The van der Waals surface area contributed by atoms with E-state index in [0.717, 1.165) is 48.7 Å². The molecule has 9 heteroatoms. The maximum atomic E-state index is 14.9. The lowest BCUT2D eigenvalue weighted by Crippen LogP contribution is -2.40. The summed E-state index contributed by atoms with van der Waals surface area (Å²) in [6.07, 6.45) is 9.81. The molecule has 3 aromatic rings. The number of amides is 1. The highest BCUT2D eigenvalue weighted by molar-refractivity contribution is 5.95. The van der Waals surface area contributed by atoms with Crippen LogP contribution in [0.4, 0.5) is 21.7 Å². The molecular weight excluding hydrogens is 445 g/mol. The molecule has 5 rings (SSSR count). The van der Waals surface area contributed by atoms with Gasteiger partial charge in [0, 0.05) is 36.2 Å². The Morgan fingerprint density at radius 3 is 2.77 bits per heavy atom. The molecule has 0 radical (unpaired) electrons. The molecule has 2 fully saturated rings. The van der Waals surface area contributed by atoms with Crippen LogP contribution in [0.3, 0.4) is 0 Å². The molecule has 0 bridgehead atoms. The maximum absolute atomic E-state index is 14.9. The van der Waals surface area contributed by atoms with Crippen LogP contribution in [0.5, 0.6) is 0 Å². The van der Waals surface area contributed by atoms with Crippen molar-refractivity contribution in [3.05, 3.63) is 48.2 Å². The van der Waals surface area contributed by atoms with Crippen LogP contribution in [0.25, 0.3) is 11.3 Å². The van der Waals surface area contributed by atoms with E-state index in [-0.39, 0.29) is 23.7 Å². The first-order valence-corrected chi connectivity index (χ1v) is 12.4. The number of halogens is 1. The molecule has 0 spiro atoms. The molecule has 184 valence electrons. The van der Waals surface area contributed by atoms with Crippen LogP contribution in [-0.4, -0.2) is 49.7 Å². The second kappa shape index (κ2) is 9.73. The molecule has 8 nitrogen and oxygen atoms in total. The van der Waals surface area contributed by atoms with Gasteiger partial charge in [0.15, 0.2) is 0 Å². The Hall–Kier alpha value is -3.33. The first kappa shape index (κ1) is 23.4. The number of aromatic nitrogens is 4. The molecule has 1 aliphatic heterocycles. The zero-order chi connectivity index (χ0) is 24.5. The molecule has 1 aliphatic carbocycles. The summed E-state index contributed by atoms with van der Waals surface area (Å²) in [6.45, 7) is 7.99. The highest BCUT2D eigenvalue weighted by Gasteiger charge is 2.35. The van der Waals surface area contributed by atoms with Crippen molar-refractivity contribution in [3.8, 4) is 11.3 Å². The van der Waals surface area contributed by atoms with Gasteiger partial charge in [-0.3, -0.25) is 14.4 Å². The Kier molecular flexibility index (Phi) is 6.51. The van der Waals surface area contributed by atoms with Gasteiger partial charge in [0.2, 0.25) is 11.9 Å². The molecule has 2 aromatic heterocycles. The van der Waals surface area contributed by atoms with E-state index in [2.05, 4.69) is 44.4 Å². The first-order chi connectivity index (χ1) is 16.9. The number of benzene rings is 1. The summed E-state index contributed by atoms with van der Waals surface area (Å²) in [5.74, 6) is 0.457. The average Bonchev–Trinajstić information content (AvgIpc) is 3.30. The SMILES string of the molecule is Cc1cnc(Nc2ccc(NC(=O)C3CCCN3CC3CC3)c(F)c2)nc1-c1cnn(C(C)C)c1. The van der Waals surface area contributed by atoms with Crippen LogP contribution in [-0.2, 0) is 4.79 Å². The molecule has 1 aromatic carbocycles. The quantitative estimate of drug-likeness (QED) is 0.479. The van der Waals surface area contributed by atoms with Gasteiger partial charge in [0.25, 0.3) is 0 Å². The van der Waals surface area contributed by atoms with E-state index in [4.69, 9.17) is 0 Å². The lowest BCUT2D eigenvalue weighted by Gasteiger charge is -2.23. The predicted molar refractivity (Wildman–Crippen MR) is 134 cm³/mol. The summed E-state index contributed by atoms with van der Waals surface area (Å²) in [4.78, 5) is 24.1. The van der Waals surface area contributed by atoms with E-state index in [9.17, 15) is 9.18 Å². The van der Waals surface area contributed by atoms with Gasteiger partial charge < -0.3 is 10.6 Å². The van der Waals surface area contributed by atoms with Gasteiger partial charge in [-0.25, -0.2) is 14.4 Å². The van der Waals surface area contributed by atoms with Gasteiger partial charge in [0.05, 0.1) is 23.6 Å². The number of nitrogens with one attached hydrogen (secondary N) is 2. The van der Waals surface area contributed by atoms with Crippen molar-refractivity contribution < 1.29 is 9.18 Å². The smallest absolute Gasteiger partial charge is 0.241 e. The predicted octanol–water partition coefficient (Wildman–Crippen LogP) is 4.93. The highest BCUT2D eigenvalue weighted by Crippen LogP contribution is 2.33.